The number of rotatable bonds is 1. The van der Waals surface area contributed by atoms with Gasteiger partial charge in [0.25, 0.3) is 0 Å². The lowest BCUT2D eigenvalue weighted by Gasteiger charge is -2.16. The van der Waals surface area contributed by atoms with Crippen LogP contribution in [0.25, 0.3) is 0 Å². The highest BCUT2D eigenvalue weighted by atomic mass is 35.5. The third-order valence-corrected chi connectivity index (χ3v) is 2.99. The lowest BCUT2D eigenvalue weighted by molar-refractivity contribution is 0.258. The zero-order valence-corrected chi connectivity index (χ0v) is 6.27. The second kappa shape index (κ2) is 2.74. The van der Waals surface area contributed by atoms with Crippen LogP contribution in [0.2, 0.25) is 0 Å². The maximum absolute atomic E-state index is 11.0. The molecule has 5 heteroatoms. The third-order valence-electron chi connectivity index (χ3n) is 0.832. The van der Waals surface area contributed by atoms with E-state index in [9.17, 15) is 4.57 Å². The second-order valence-corrected chi connectivity index (χ2v) is 4.15. The summed E-state index contributed by atoms with van der Waals surface area (Å²) in [4.78, 5) is 0. The monoisotopic (exact) mass is 168 g/mol. The van der Waals surface area contributed by atoms with E-state index in [1.54, 1.807) is 6.08 Å². The Morgan fingerprint density at radius 3 is 2.89 bits per heavy atom. The number of hydrogen-bond donors (Lipinski definition) is 0. The molecule has 0 aromatic heterocycles. The first-order chi connectivity index (χ1) is 4.27. The van der Waals surface area contributed by atoms with Crippen molar-refractivity contribution < 1.29 is 13.6 Å². The Hall–Kier alpha value is 0.0200. The van der Waals surface area contributed by atoms with Gasteiger partial charge in [0.1, 0.15) is 5.62 Å². The van der Waals surface area contributed by atoms with Gasteiger partial charge in [-0.3, -0.25) is 4.52 Å². The SMILES string of the molecule is O=P1(CCl)OC=CCO1. The summed E-state index contributed by atoms with van der Waals surface area (Å²) in [6, 6.07) is 0. The minimum Gasteiger partial charge on any atom is -0.432 e. The van der Waals surface area contributed by atoms with E-state index in [0.717, 1.165) is 0 Å². The summed E-state index contributed by atoms with van der Waals surface area (Å²) in [6.07, 6.45) is 2.98. The van der Waals surface area contributed by atoms with Gasteiger partial charge in [0.2, 0.25) is 0 Å². The van der Waals surface area contributed by atoms with E-state index < -0.39 is 7.60 Å². The van der Waals surface area contributed by atoms with Crippen molar-refractivity contribution in [3.05, 3.63) is 12.3 Å². The predicted octanol–water partition coefficient (Wildman–Crippen LogP) is 1.94. The van der Waals surface area contributed by atoms with Gasteiger partial charge in [-0.25, -0.2) is 4.57 Å². The molecule has 0 spiro atoms. The van der Waals surface area contributed by atoms with Gasteiger partial charge >= 0.3 is 7.60 Å². The van der Waals surface area contributed by atoms with Crippen LogP contribution < -0.4 is 0 Å². The molecule has 0 bridgehead atoms. The number of hydrogen-bond acceptors (Lipinski definition) is 3. The first-order valence-corrected chi connectivity index (χ1v) is 4.66. The minimum atomic E-state index is -2.92. The Morgan fingerprint density at radius 2 is 2.56 bits per heavy atom. The van der Waals surface area contributed by atoms with Crippen LogP contribution in [0.15, 0.2) is 12.3 Å². The predicted molar refractivity (Wildman–Crippen MR) is 34.5 cm³/mol. The zero-order valence-electron chi connectivity index (χ0n) is 4.62. The van der Waals surface area contributed by atoms with Gasteiger partial charge in [-0.2, -0.15) is 0 Å². The lowest BCUT2D eigenvalue weighted by atomic mass is 10.7. The van der Waals surface area contributed by atoms with E-state index in [1.807, 2.05) is 0 Å². The van der Waals surface area contributed by atoms with Crippen molar-refractivity contribution >= 4 is 19.2 Å². The molecule has 0 radical (unpaired) electrons. The molecule has 0 fully saturated rings. The molecule has 0 aliphatic carbocycles. The lowest BCUT2D eigenvalue weighted by Crippen LogP contribution is -1.98. The molecule has 0 N–H and O–H groups in total. The molecule has 1 aliphatic rings. The van der Waals surface area contributed by atoms with E-state index in [0.29, 0.717) is 6.61 Å². The highest BCUT2D eigenvalue weighted by Gasteiger charge is 2.24. The fraction of sp³-hybridized carbons (Fsp3) is 0.500. The Bertz CT molecular complexity index is 167. The van der Waals surface area contributed by atoms with Crippen LogP contribution in [0.5, 0.6) is 0 Å². The molecule has 1 heterocycles. The maximum atomic E-state index is 11.0. The summed E-state index contributed by atoms with van der Waals surface area (Å²) in [5.41, 5.74) is -0.0860. The smallest absolute Gasteiger partial charge is 0.393 e. The van der Waals surface area contributed by atoms with Crippen molar-refractivity contribution in [2.24, 2.45) is 0 Å². The van der Waals surface area contributed by atoms with Crippen LogP contribution in [-0.2, 0) is 13.6 Å². The molecule has 1 atom stereocenters. The van der Waals surface area contributed by atoms with Gasteiger partial charge in [-0.15, -0.1) is 11.6 Å². The van der Waals surface area contributed by atoms with E-state index >= 15 is 0 Å². The Kier molecular flexibility index (Phi) is 2.17. The topological polar surface area (TPSA) is 35.5 Å². The summed E-state index contributed by atoms with van der Waals surface area (Å²) < 4.78 is 20.3. The van der Waals surface area contributed by atoms with Gasteiger partial charge in [-0.1, -0.05) is 0 Å². The molecule has 1 rings (SSSR count). The average molecular weight is 169 g/mol. The molecule has 3 nitrogen and oxygen atoms in total. The summed E-state index contributed by atoms with van der Waals surface area (Å²) in [6.45, 7) is 0.323. The standard InChI is InChI=1S/C4H6ClO3P/c5-4-9(6)7-2-1-3-8-9/h1-2H,3-4H2. The van der Waals surface area contributed by atoms with E-state index in [2.05, 4.69) is 4.52 Å². The largest absolute Gasteiger partial charge is 0.432 e. The molecule has 1 aliphatic heterocycles. The summed E-state index contributed by atoms with van der Waals surface area (Å²) in [5.74, 6) is 0. The molecular formula is C4H6ClO3P. The Balaban J connectivity index is 2.61. The Labute approximate surface area is 58.1 Å². The van der Waals surface area contributed by atoms with E-state index in [1.165, 1.54) is 6.26 Å². The average Bonchev–Trinajstić information content (AvgIpc) is 1.90. The molecule has 1 unspecified atom stereocenters. The van der Waals surface area contributed by atoms with Crippen LogP contribution in [0, 0.1) is 0 Å². The summed E-state index contributed by atoms with van der Waals surface area (Å²) in [7, 11) is -2.92. The quantitative estimate of drug-likeness (QED) is 0.443. The van der Waals surface area contributed by atoms with Crippen molar-refractivity contribution in [1.29, 1.82) is 0 Å². The first kappa shape index (κ1) is 7.13. The fourth-order valence-corrected chi connectivity index (χ4v) is 1.57. The van der Waals surface area contributed by atoms with Gasteiger partial charge in [-0.05, 0) is 6.08 Å². The molecular weight excluding hydrogens is 162 g/mol. The summed E-state index contributed by atoms with van der Waals surface area (Å²) in [5, 5.41) is 0. The molecule has 0 aromatic rings. The van der Waals surface area contributed by atoms with E-state index in [-0.39, 0.29) is 5.62 Å². The first-order valence-electron chi connectivity index (χ1n) is 2.40. The van der Waals surface area contributed by atoms with Crippen molar-refractivity contribution in [3.8, 4) is 0 Å². The van der Waals surface area contributed by atoms with Crippen molar-refractivity contribution in [1.82, 2.24) is 0 Å². The highest BCUT2D eigenvalue weighted by Crippen LogP contribution is 2.50. The fourth-order valence-electron chi connectivity index (χ4n) is 0.425. The van der Waals surface area contributed by atoms with Gasteiger partial charge in [0, 0.05) is 0 Å². The number of alkyl halides is 1. The second-order valence-electron chi connectivity index (χ2n) is 1.50. The van der Waals surface area contributed by atoms with Gasteiger partial charge < -0.3 is 4.52 Å². The molecule has 0 saturated carbocycles. The number of halogens is 1. The Morgan fingerprint density at radius 1 is 1.78 bits per heavy atom. The van der Waals surface area contributed by atoms with Crippen LogP contribution in [-0.4, -0.2) is 12.2 Å². The van der Waals surface area contributed by atoms with Crippen LogP contribution in [0.3, 0.4) is 0 Å². The molecule has 0 aromatic carbocycles. The third kappa shape index (κ3) is 1.71. The van der Waals surface area contributed by atoms with Crippen molar-refractivity contribution in [3.63, 3.8) is 0 Å². The zero-order chi connectivity index (χ0) is 6.74. The van der Waals surface area contributed by atoms with Crippen LogP contribution >= 0.6 is 19.2 Å². The van der Waals surface area contributed by atoms with Gasteiger partial charge in [0.05, 0.1) is 12.9 Å². The maximum Gasteiger partial charge on any atom is 0.393 e. The molecule has 0 saturated heterocycles. The van der Waals surface area contributed by atoms with E-state index in [4.69, 9.17) is 16.1 Å². The molecule has 52 valence electrons. The van der Waals surface area contributed by atoms with Gasteiger partial charge in [0.15, 0.2) is 0 Å². The normalized spacial score (nSPS) is 33.9. The van der Waals surface area contributed by atoms with Crippen molar-refractivity contribution in [2.75, 3.05) is 12.2 Å². The minimum absolute atomic E-state index is 0.0860. The highest BCUT2D eigenvalue weighted by molar-refractivity contribution is 7.55. The molecule has 0 amide bonds. The van der Waals surface area contributed by atoms with Crippen molar-refractivity contribution in [2.45, 2.75) is 0 Å². The van der Waals surface area contributed by atoms with Crippen LogP contribution in [0.4, 0.5) is 0 Å². The summed E-state index contributed by atoms with van der Waals surface area (Å²) >= 11 is 5.27. The molecule has 9 heavy (non-hydrogen) atoms. The van der Waals surface area contributed by atoms with Crippen LogP contribution in [0.1, 0.15) is 0 Å².